The van der Waals surface area contributed by atoms with Gasteiger partial charge in [-0.15, -0.1) is 12.4 Å². The van der Waals surface area contributed by atoms with Gasteiger partial charge in [0.1, 0.15) is 5.75 Å². The van der Waals surface area contributed by atoms with Gasteiger partial charge in [0, 0.05) is 18.1 Å². The van der Waals surface area contributed by atoms with E-state index in [1.165, 1.54) is 24.0 Å². The highest BCUT2D eigenvalue weighted by Crippen LogP contribution is 2.26. The van der Waals surface area contributed by atoms with Crippen LogP contribution in [0.2, 0.25) is 0 Å². The second kappa shape index (κ2) is 7.34. The molecular formula is C17H25ClN2O2. The van der Waals surface area contributed by atoms with E-state index >= 15 is 0 Å². The maximum Gasteiger partial charge on any atom is 0.258 e. The van der Waals surface area contributed by atoms with Gasteiger partial charge in [0.15, 0.2) is 6.61 Å². The Morgan fingerprint density at radius 2 is 1.91 bits per heavy atom. The van der Waals surface area contributed by atoms with E-state index in [9.17, 15) is 4.79 Å². The molecule has 2 fully saturated rings. The molecule has 0 aliphatic carbocycles. The van der Waals surface area contributed by atoms with Gasteiger partial charge in [-0.25, -0.2) is 0 Å². The van der Waals surface area contributed by atoms with Crippen LogP contribution in [0.4, 0.5) is 0 Å². The quantitative estimate of drug-likeness (QED) is 0.894. The number of hydrogen-bond acceptors (Lipinski definition) is 3. The van der Waals surface area contributed by atoms with Crippen molar-refractivity contribution in [1.82, 2.24) is 10.6 Å². The number of nitrogens with one attached hydrogen (secondary N) is 2. The number of carbonyl (C=O) groups is 1. The van der Waals surface area contributed by atoms with Crippen molar-refractivity contribution in [2.24, 2.45) is 0 Å². The molecule has 1 aromatic carbocycles. The van der Waals surface area contributed by atoms with Crippen LogP contribution in [0.5, 0.6) is 5.75 Å². The standard InChI is InChI=1S/C17H24N2O2.ClH/c1-11-3-6-16(7-12(11)2)21-10-17(20)19-15-8-13-4-5-14(9-15)18-13;/h3,6-7,13-15,18H,4-5,8-10H2,1-2H3,(H,19,20);1H. The molecule has 122 valence electrons. The first kappa shape index (κ1) is 17.1. The highest BCUT2D eigenvalue weighted by molar-refractivity contribution is 5.85. The number of carbonyl (C=O) groups excluding carboxylic acids is 1. The van der Waals surface area contributed by atoms with Crippen LogP contribution in [0.15, 0.2) is 18.2 Å². The maximum absolute atomic E-state index is 12.0. The summed E-state index contributed by atoms with van der Waals surface area (Å²) in [4.78, 5) is 12.0. The van der Waals surface area contributed by atoms with Crippen molar-refractivity contribution in [2.75, 3.05) is 6.61 Å². The van der Waals surface area contributed by atoms with Crippen LogP contribution in [0, 0.1) is 13.8 Å². The molecule has 1 aromatic rings. The van der Waals surface area contributed by atoms with E-state index in [1.54, 1.807) is 0 Å². The van der Waals surface area contributed by atoms with Gasteiger partial charge in [0.05, 0.1) is 0 Å². The van der Waals surface area contributed by atoms with Crippen LogP contribution in [-0.2, 0) is 4.79 Å². The molecule has 2 atom stereocenters. The van der Waals surface area contributed by atoms with Gasteiger partial charge in [-0.1, -0.05) is 6.07 Å². The van der Waals surface area contributed by atoms with Gasteiger partial charge in [-0.3, -0.25) is 4.79 Å². The molecule has 1 amide bonds. The first-order chi connectivity index (χ1) is 10.1. The van der Waals surface area contributed by atoms with E-state index in [4.69, 9.17) is 4.74 Å². The first-order valence-electron chi connectivity index (χ1n) is 7.85. The van der Waals surface area contributed by atoms with Crippen molar-refractivity contribution in [3.05, 3.63) is 29.3 Å². The molecule has 2 heterocycles. The molecule has 0 saturated carbocycles. The number of rotatable bonds is 4. The van der Waals surface area contributed by atoms with E-state index in [0.29, 0.717) is 18.1 Å². The molecular weight excluding hydrogens is 300 g/mol. The third-order valence-corrected chi connectivity index (χ3v) is 4.69. The number of amides is 1. The molecule has 3 rings (SSSR count). The fourth-order valence-electron chi connectivity index (χ4n) is 3.40. The highest BCUT2D eigenvalue weighted by atomic mass is 35.5. The average Bonchev–Trinajstić information content (AvgIpc) is 2.79. The second-order valence-electron chi connectivity index (χ2n) is 6.41. The minimum absolute atomic E-state index is 0. The Morgan fingerprint density at radius 3 is 2.55 bits per heavy atom. The Hall–Kier alpha value is -1.26. The topological polar surface area (TPSA) is 50.4 Å². The molecule has 2 aliphatic heterocycles. The zero-order chi connectivity index (χ0) is 14.8. The normalized spacial score (nSPS) is 26.2. The number of hydrogen-bond donors (Lipinski definition) is 2. The van der Waals surface area contributed by atoms with Crippen LogP contribution in [0.3, 0.4) is 0 Å². The minimum atomic E-state index is -0.0143. The lowest BCUT2D eigenvalue weighted by molar-refractivity contribution is -0.124. The van der Waals surface area contributed by atoms with Crippen molar-refractivity contribution in [1.29, 1.82) is 0 Å². The lowest BCUT2D eigenvalue weighted by atomic mass is 10.00. The van der Waals surface area contributed by atoms with Crippen molar-refractivity contribution >= 4 is 18.3 Å². The monoisotopic (exact) mass is 324 g/mol. The summed E-state index contributed by atoms with van der Waals surface area (Å²) in [6.45, 7) is 4.21. The Morgan fingerprint density at radius 1 is 1.23 bits per heavy atom. The Kier molecular flexibility index (Phi) is 5.70. The van der Waals surface area contributed by atoms with Gasteiger partial charge < -0.3 is 15.4 Å². The number of aryl methyl sites for hydroxylation is 2. The van der Waals surface area contributed by atoms with Gasteiger partial charge in [0.25, 0.3) is 5.91 Å². The van der Waals surface area contributed by atoms with Crippen molar-refractivity contribution in [3.8, 4) is 5.75 Å². The number of fused-ring (bicyclic) bond motifs is 2. The first-order valence-corrected chi connectivity index (χ1v) is 7.85. The zero-order valence-corrected chi connectivity index (χ0v) is 14.0. The molecule has 0 spiro atoms. The molecule has 4 nitrogen and oxygen atoms in total. The molecule has 5 heteroatoms. The van der Waals surface area contributed by atoms with E-state index < -0.39 is 0 Å². The smallest absolute Gasteiger partial charge is 0.258 e. The summed E-state index contributed by atoms with van der Waals surface area (Å²) in [6.07, 6.45) is 4.59. The van der Waals surface area contributed by atoms with E-state index in [1.807, 2.05) is 25.1 Å². The van der Waals surface area contributed by atoms with Gasteiger partial charge in [-0.05, 0) is 62.8 Å². The van der Waals surface area contributed by atoms with Crippen LogP contribution in [0.25, 0.3) is 0 Å². The molecule has 0 aromatic heterocycles. The van der Waals surface area contributed by atoms with Crippen LogP contribution in [-0.4, -0.2) is 30.6 Å². The molecule has 2 aliphatic rings. The third-order valence-electron chi connectivity index (χ3n) is 4.69. The lowest BCUT2D eigenvalue weighted by Crippen LogP contribution is -2.48. The van der Waals surface area contributed by atoms with Gasteiger partial charge in [0.2, 0.25) is 0 Å². The fraction of sp³-hybridized carbons (Fsp3) is 0.588. The summed E-state index contributed by atoms with van der Waals surface area (Å²) >= 11 is 0. The second-order valence-corrected chi connectivity index (χ2v) is 6.41. The summed E-state index contributed by atoms with van der Waals surface area (Å²) in [5.74, 6) is 0.748. The largest absolute Gasteiger partial charge is 0.484 e. The SMILES string of the molecule is Cc1ccc(OCC(=O)NC2CC3CCC(C2)N3)cc1C.Cl. The summed E-state index contributed by atoms with van der Waals surface area (Å²) < 4.78 is 5.59. The summed E-state index contributed by atoms with van der Waals surface area (Å²) in [5, 5.41) is 6.69. The average molecular weight is 325 g/mol. The highest BCUT2D eigenvalue weighted by Gasteiger charge is 2.33. The molecule has 0 radical (unpaired) electrons. The maximum atomic E-state index is 12.0. The molecule has 2 unspecified atom stereocenters. The minimum Gasteiger partial charge on any atom is -0.484 e. The third kappa shape index (κ3) is 4.14. The van der Waals surface area contributed by atoms with Gasteiger partial charge >= 0.3 is 0 Å². The summed E-state index contributed by atoms with van der Waals surface area (Å²) in [7, 11) is 0. The summed E-state index contributed by atoms with van der Waals surface area (Å²) in [5.41, 5.74) is 2.42. The van der Waals surface area contributed by atoms with Crippen LogP contribution < -0.4 is 15.4 Å². The van der Waals surface area contributed by atoms with Crippen molar-refractivity contribution in [2.45, 2.75) is 57.7 Å². The lowest BCUT2D eigenvalue weighted by Gasteiger charge is -2.29. The van der Waals surface area contributed by atoms with Gasteiger partial charge in [-0.2, -0.15) is 0 Å². The molecule has 2 N–H and O–H groups in total. The Bertz CT molecular complexity index is 523. The van der Waals surface area contributed by atoms with Crippen LogP contribution in [0.1, 0.15) is 36.8 Å². The molecule has 22 heavy (non-hydrogen) atoms. The number of piperidine rings is 1. The zero-order valence-electron chi connectivity index (χ0n) is 13.2. The van der Waals surface area contributed by atoms with E-state index in [0.717, 1.165) is 18.6 Å². The van der Waals surface area contributed by atoms with Crippen molar-refractivity contribution < 1.29 is 9.53 Å². The number of benzene rings is 1. The molecule has 2 saturated heterocycles. The number of halogens is 1. The fourth-order valence-corrected chi connectivity index (χ4v) is 3.40. The Balaban J connectivity index is 0.00000176. The van der Waals surface area contributed by atoms with Crippen molar-refractivity contribution in [3.63, 3.8) is 0 Å². The predicted octanol–water partition coefficient (Wildman–Crippen LogP) is 2.50. The van der Waals surface area contributed by atoms with E-state index in [-0.39, 0.29) is 24.9 Å². The predicted molar refractivity (Wildman–Crippen MR) is 89.8 cm³/mol. The molecule has 2 bridgehead atoms. The summed E-state index contributed by atoms with van der Waals surface area (Å²) in [6, 6.07) is 7.41. The Labute approximate surface area is 138 Å². The van der Waals surface area contributed by atoms with E-state index in [2.05, 4.69) is 17.6 Å². The number of ether oxygens (including phenoxy) is 1. The van der Waals surface area contributed by atoms with Crippen LogP contribution >= 0.6 is 12.4 Å².